The summed E-state index contributed by atoms with van der Waals surface area (Å²) in [7, 11) is 1.56. The zero-order valence-electron chi connectivity index (χ0n) is 14.9. The van der Waals surface area contributed by atoms with Gasteiger partial charge in [0.25, 0.3) is 5.91 Å². The molecule has 6 nitrogen and oxygen atoms in total. The maximum Gasteiger partial charge on any atom is 0.253 e. The van der Waals surface area contributed by atoms with Gasteiger partial charge in [-0.25, -0.2) is 0 Å². The minimum absolute atomic E-state index is 0. The molecule has 1 aliphatic rings. The van der Waals surface area contributed by atoms with E-state index in [-0.39, 0.29) is 30.3 Å². The van der Waals surface area contributed by atoms with E-state index in [9.17, 15) is 9.59 Å². The second kappa shape index (κ2) is 10.4. The van der Waals surface area contributed by atoms with Crippen LogP contribution >= 0.6 is 12.4 Å². The van der Waals surface area contributed by atoms with Gasteiger partial charge in [-0.15, -0.1) is 12.4 Å². The van der Waals surface area contributed by atoms with Crippen LogP contribution < -0.4 is 5.73 Å². The molecular formula is C18H28ClN3O3. The molecule has 2 amide bonds. The van der Waals surface area contributed by atoms with E-state index in [2.05, 4.69) is 0 Å². The Morgan fingerprint density at radius 1 is 1.20 bits per heavy atom. The molecule has 2 rings (SSSR count). The standard InChI is InChI=1S/C18H27N3O3.ClH/c1-14-5-3-6-15(11-14)18(23)21-8-4-7-20(9-10-21)17(22)12-16(13-19)24-2;/h3,5-6,11,16H,4,7-10,12-13,19H2,1-2H3;1H. The van der Waals surface area contributed by atoms with Crippen LogP contribution in [-0.4, -0.2) is 67.6 Å². The third kappa shape index (κ3) is 5.99. The predicted octanol–water partition coefficient (Wildman–Crippen LogP) is 1.46. The lowest BCUT2D eigenvalue weighted by Gasteiger charge is -2.23. The van der Waals surface area contributed by atoms with Crippen LogP contribution in [-0.2, 0) is 9.53 Å². The third-order valence-corrected chi connectivity index (χ3v) is 4.40. The number of carbonyl (C=O) groups is 2. The van der Waals surface area contributed by atoms with E-state index in [1.54, 1.807) is 7.11 Å². The Bertz CT molecular complexity index is 578. The van der Waals surface area contributed by atoms with Crippen molar-refractivity contribution in [2.24, 2.45) is 5.73 Å². The Morgan fingerprint density at radius 3 is 2.52 bits per heavy atom. The van der Waals surface area contributed by atoms with Gasteiger partial charge in [0, 0.05) is 45.4 Å². The summed E-state index contributed by atoms with van der Waals surface area (Å²) in [4.78, 5) is 28.6. The number of benzene rings is 1. The summed E-state index contributed by atoms with van der Waals surface area (Å²) in [6.07, 6.45) is 0.827. The van der Waals surface area contributed by atoms with Crippen LogP contribution in [0.25, 0.3) is 0 Å². The van der Waals surface area contributed by atoms with E-state index in [1.165, 1.54) is 0 Å². The van der Waals surface area contributed by atoms with Crippen LogP contribution in [0.5, 0.6) is 0 Å². The van der Waals surface area contributed by atoms with Crippen molar-refractivity contribution in [1.29, 1.82) is 0 Å². The van der Waals surface area contributed by atoms with Crippen molar-refractivity contribution >= 4 is 24.2 Å². The molecule has 0 saturated carbocycles. The molecule has 1 unspecified atom stereocenters. The van der Waals surface area contributed by atoms with Gasteiger partial charge in [0.05, 0.1) is 12.5 Å². The van der Waals surface area contributed by atoms with E-state index in [0.717, 1.165) is 12.0 Å². The quantitative estimate of drug-likeness (QED) is 0.852. The summed E-state index contributed by atoms with van der Waals surface area (Å²) in [6.45, 7) is 4.74. The Hall–Kier alpha value is -1.63. The molecule has 1 aromatic rings. The lowest BCUT2D eigenvalue weighted by Crippen LogP contribution is -2.39. The van der Waals surface area contributed by atoms with E-state index in [1.807, 2.05) is 41.0 Å². The number of hydrogen-bond acceptors (Lipinski definition) is 4. The number of nitrogens with two attached hydrogens (primary N) is 1. The molecule has 0 aliphatic carbocycles. The molecule has 0 bridgehead atoms. The van der Waals surface area contributed by atoms with Gasteiger partial charge in [0.1, 0.15) is 0 Å². The highest BCUT2D eigenvalue weighted by Gasteiger charge is 2.24. The molecule has 1 fully saturated rings. The van der Waals surface area contributed by atoms with Gasteiger partial charge < -0.3 is 20.3 Å². The smallest absolute Gasteiger partial charge is 0.253 e. The fourth-order valence-electron chi connectivity index (χ4n) is 2.92. The number of aryl methyl sites for hydroxylation is 1. The number of ether oxygens (including phenoxy) is 1. The van der Waals surface area contributed by atoms with Crippen LogP contribution in [0.1, 0.15) is 28.8 Å². The average Bonchev–Trinajstić information content (AvgIpc) is 2.85. The molecule has 140 valence electrons. The summed E-state index contributed by atoms with van der Waals surface area (Å²) >= 11 is 0. The maximum atomic E-state index is 12.6. The van der Waals surface area contributed by atoms with Crippen molar-refractivity contribution in [2.75, 3.05) is 39.8 Å². The van der Waals surface area contributed by atoms with Gasteiger partial charge in [-0.05, 0) is 25.5 Å². The highest BCUT2D eigenvalue weighted by Crippen LogP contribution is 2.12. The monoisotopic (exact) mass is 369 g/mol. The number of amides is 2. The topological polar surface area (TPSA) is 75.9 Å². The average molecular weight is 370 g/mol. The van der Waals surface area contributed by atoms with E-state index < -0.39 is 0 Å². The zero-order valence-corrected chi connectivity index (χ0v) is 15.8. The van der Waals surface area contributed by atoms with Crippen molar-refractivity contribution in [3.05, 3.63) is 35.4 Å². The molecule has 0 aromatic heterocycles. The number of hydrogen-bond donors (Lipinski definition) is 1. The molecular weight excluding hydrogens is 342 g/mol. The summed E-state index contributed by atoms with van der Waals surface area (Å²) < 4.78 is 5.18. The van der Waals surface area contributed by atoms with Gasteiger partial charge in [-0.3, -0.25) is 9.59 Å². The Morgan fingerprint density at radius 2 is 1.88 bits per heavy atom. The predicted molar refractivity (Wildman–Crippen MR) is 100.0 cm³/mol. The normalized spacial score (nSPS) is 16.0. The molecule has 0 spiro atoms. The minimum Gasteiger partial charge on any atom is -0.380 e. The number of carbonyl (C=O) groups excluding carboxylic acids is 2. The second-order valence-corrected chi connectivity index (χ2v) is 6.19. The van der Waals surface area contributed by atoms with Crippen LogP contribution in [0.3, 0.4) is 0 Å². The Labute approximate surface area is 155 Å². The summed E-state index contributed by atoms with van der Waals surface area (Å²) in [5.74, 6) is 0.0712. The largest absolute Gasteiger partial charge is 0.380 e. The van der Waals surface area contributed by atoms with Crippen molar-refractivity contribution in [2.45, 2.75) is 25.9 Å². The van der Waals surface area contributed by atoms with Crippen molar-refractivity contribution in [3.63, 3.8) is 0 Å². The molecule has 1 atom stereocenters. The molecule has 7 heteroatoms. The highest BCUT2D eigenvalue weighted by atomic mass is 35.5. The second-order valence-electron chi connectivity index (χ2n) is 6.19. The molecule has 1 aromatic carbocycles. The lowest BCUT2D eigenvalue weighted by molar-refractivity contribution is -0.133. The molecule has 1 heterocycles. The molecule has 2 N–H and O–H groups in total. The van der Waals surface area contributed by atoms with E-state index in [0.29, 0.717) is 44.7 Å². The summed E-state index contributed by atoms with van der Waals surface area (Å²) in [6, 6.07) is 7.62. The summed E-state index contributed by atoms with van der Waals surface area (Å²) in [5, 5.41) is 0. The fraction of sp³-hybridized carbons (Fsp3) is 0.556. The minimum atomic E-state index is -0.245. The first-order chi connectivity index (χ1) is 11.5. The Kier molecular flexibility index (Phi) is 8.89. The Balaban J connectivity index is 0.00000312. The number of rotatable bonds is 5. The van der Waals surface area contributed by atoms with Crippen LogP contribution in [0, 0.1) is 6.92 Å². The van der Waals surface area contributed by atoms with Gasteiger partial charge in [-0.2, -0.15) is 0 Å². The van der Waals surface area contributed by atoms with Crippen molar-refractivity contribution in [3.8, 4) is 0 Å². The lowest BCUT2D eigenvalue weighted by atomic mass is 10.1. The maximum absolute atomic E-state index is 12.6. The first kappa shape index (κ1) is 21.4. The molecule has 1 saturated heterocycles. The van der Waals surface area contributed by atoms with Crippen molar-refractivity contribution in [1.82, 2.24) is 9.80 Å². The first-order valence-corrected chi connectivity index (χ1v) is 8.41. The zero-order chi connectivity index (χ0) is 17.5. The third-order valence-electron chi connectivity index (χ3n) is 4.40. The van der Waals surface area contributed by atoms with Crippen LogP contribution in [0.4, 0.5) is 0 Å². The molecule has 0 radical (unpaired) electrons. The number of halogens is 1. The van der Waals surface area contributed by atoms with Gasteiger partial charge >= 0.3 is 0 Å². The number of methoxy groups -OCH3 is 1. The van der Waals surface area contributed by atoms with Gasteiger partial charge in [0.2, 0.25) is 5.91 Å². The van der Waals surface area contributed by atoms with E-state index >= 15 is 0 Å². The summed E-state index contributed by atoms with van der Waals surface area (Å²) in [5.41, 5.74) is 7.36. The van der Waals surface area contributed by atoms with Crippen LogP contribution in [0.15, 0.2) is 24.3 Å². The van der Waals surface area contributed by atoms with Gasteiger partial charge in [0.15, 0.2) is 0 Å². The van der Waals surface area contributed by atoms with Crippen molar-refractivity contribution < 1.29 is 14.3 Å². The van der Waals surface area contributed by atoms with Gasteiger partial charge in [-0.1, -0.05) is 17.7 Å². The van der Waals surface area contributed by atoms with Crippen LogP contribution in [0.2, 0.25) is 0 Å². The molecule has 25 heavy (non-hydrogen) atoms. The fourth-order valence-corrected chi connectivity index (χ4v) is 2.92. The number of nitrogens with zero attached hydrogens (tertiary/aromatic N) is 2. The highest BCUT2D eigenvalue weighted by molar-refractivity contribution is 5.94. The molecule has 1 aliphatic heterocycles. The van der Waals surface area contributed by atoms with E-state index in [4.69, 9.17) is 10.5 Å². The SMILES string of the molecule is COC(CN)CC(=O)N1CCCN(C(=O)c2cccc(C)c2)CC1.Cl. The first-order valence-electron chi connectivity index (χ1n) is 8.41.